The molecule has 0 spiro atoms. The Hall–Kier alpha value is -4.38. The second-order valence-corrected chi connectivity index (χ2v) is 22.3. The van der Waals surface area contributed by atoms with E-state index in [2.05, 4.69) is 199 Å². The summed E-state index contributed by atoms with van der Waals surface area (Å²) in [6.07, 6.45) is 13.9. The van der Waals surface area contributed by atoms with E-state index in [0.29, 0.717) is 0 Å². The van der Waals surface area contributed by atoms with Crippen LogP contribution in [0.25, 0.3) is 45.0 Å². The SMILES string of the molecule is CC(C)(C)c1ccc2[n+](c1)CCc1cc3c(cc1-2)CC[n+]1cc(C(C)(C)C)ccc1-3.CC(C)(C)c1ccc2[n+](c1)CCc1cc3c(cc1-2)CC[n+]1cc(C(C)(C)C)ccc1-3.[Cl-].[Cl-]. The number of hydrogen-bond donors (Lipinski definition) is 0. The van der Waals surface area contributed by atoms with Crippen LogP contribution >= 0.6 is 0 Å². The molecule has 4 aliphatic heterocycles. The third kappa shape index (κ3) is 8.51. The minimum Gasteiger partial charge on any atom is -1.00 e. The van der Waals surface area contributed by atoms with Crippen molar-refractivity contribution < 1.29 is 43.1 Å². The molecule has 0 N–H and O–H groups in total. The molecule has 0 radical (unpaired) electrons. The molecular weight excluding hydrogens is 800 g/mol. The van der Waals surface area contributed by atoms with Gasteiger partial charge < -0.3 is 24.8 Å². The third-order valence-corrected chi connectivity index (χ3v) is 13.8. The fraction of sp³-hybridized carbons (Fsp3) is 0.429. The zero-order chi connectivity index (χ0) is 42.5. The lowest BCUT2D eigenvalue weighted by Gasteiger charge is -2.23. The largest absolute Gasteiger partial charge is 1.00 e. The van der Waals surface area contributed by atoms with E-state index in [0.717, 1.165) is 51.9 Å². The standard InChI is InChI=1S/2C28H34N2.2ClH/c2*1-27(2,3)21-7-9-25-23-15-20-12-14-30-18-22(28(4,5)6)8-10-26(30)24(20)16-19(23)11-13-29(25)17-21;;/h2*7-10,15-18H,11-14H2,1-6H3;2*1H/q2*+2;;/p-2. The molecule has 10 rings (SSSR count). The first-order valence-corrected chi connectivity index (χ1v) is 22.7. The Morgan fingerprint density at radius 1 is 0.306 bits per heavy atom. The van der Waals surface area contributed by atoms with Gasteiger partial charge in [0.25, 0.3) is 0 Å². The molecule has 0 amide bonds. The number of benzene rings is 2. The lowest BCUT2D eigenvalue weighted by Crippen LogP contribution is -3.00. The van der Waals surface area contributed by atoms with Crippen LogP contribution in [0.1, 0.15) is 128 Å². The molecule has 8 heterocycles. The Balaban J connectivity index is 0.000000181. The van der Waals surface area contributed by atoms with Gasteiger partial charge in [-0.05, 0) is 92.4 Å². The summed E-state index contributed by atoms with van der Waals surface area (Å²) >= 11 is 0. The van der Waals surface area contributed by atoms with E-state index in [4.69, 9.17) is 0 Å². The van der Waals surface area contributed by atoms with E-state index >= 15 is 0 Å². The highest BCUT2D eigenvalue weighted by Gasteiger charge is 2.33. The summed E-state index contributed by atoms with van der Waals surface area (Å²) in [6, 6.07) is 28.6. The highest BCUT2D eigenvalue weighted by atomic mass is 35.5. The molecule has 4 nitrogen and oxygen atoms in total. The molecule has 2 aromatic carbocycles. The smallest absolute Gasteiger partial charge is 0.212 e. The second-order valence-electron chi connectivity index (χ2n) is 22.3. The van der Waals surface area contributed by atoms with Gasteiger partial charge in [0.2, 0.25) is 22.8 Å². The van der Waals surface area contributed by atoms with Crippen molar-refractivity contribution in [3.63, 3.8) is 0 Å². The maximum absolute atomic E-state index is 2.48. The number of pyridine rings is 4. The second kappa shape index (κ2) is 16.3. The highest BCUT2D eigenvalue weighted by Crippen LogP contribution is 2.38. The van der Waals surface area contributed by atoms with Crippen molar-refractivity contribution >= 4 is 0 Å². The van der Waals surface area contributed by atoms with Gasteiger partial charge >= 0.3 is 0 Å². The van der Waals surface area contributed by atoms with E-state index < -0.39 is 0 Å². The number of rotatable bonds is 0. The average Bonchev–Trinajstić information content (AvgIpc) is 3.20. The lowest BCUT2D eigenvalue weighted by molar-refractivity contribution is -0.688. The third-order valence-electron chi connectivity index (χ3n) is 13.8. The van der Waals surface area contributed by atoms with Gasteiger partial charge in [-0.1, -0.05) is 83.1 Å². The number of aryl methyl sites for hydroxylation is 8. The Morgan fingerprint density at radius 3 is 0.677 bits per heavy atom. The predicted octanol–water partition coefficient (Wildman–Crippen LogP) is 4.61. The summed E-state index contributed by atoms with van der Waals surface area (Å²) in [7, 11) is 0. The monoisotopic (exact) mass is 866 g/mol. The quantitative estimate of drug-likeness (QED) is 0.199. The van der Waals surface area contributed by atoms with Crippen LogP contribution in [0, 0.1) is 0 Å². The van der Waals surface area contributed by atoms with Gasteiger partial charge in [0.1, 0.15) is 0 Å². The molecule has 0 saturated heterocycles. The molecule has 6 aromatic rings. The van der Waals surface area contributed by atoms with E-state index in [-0.39, 0.29) is 46.5 Å². The molecule has 4 aliphatic rings. The fourth-order valence-corrected chi connectivity index (χ4v) is 9.80. The minimum atomic E-state index is 0. The maximum atomic E-state index is 2.48. The van der Waals surface area contributed by atoms with Crippen LogP contribution in [-0.2, 0) is 73.5 Å². The zero-order valence-electron chi connectivity index (χ0n) is 39.4. The molecule has 4 aromatic heterocycles. The number of fused-ring (bicyclic) bond motifs is 12. The summed E-state index contributed by atoms with van der Waals surface area (Å²) in [5.74, 6) is 0. The van der Waals surface area contributed by atoms with Crippen molar-refractivity contribution in [3.8, 4) is 45.0 Å². The van der Waals surface area contributed by atoms with Crippen molar-refractivity contribution in [3.05, 3.63) is 142 Å². The van der Waals surface area contributed by atoms with Gasteiger partial charge in [-0.15, -0.1) is 0 Å². The number of aromatic nitrogens is 4. The van der Waals surface area contributed by atoms with Crippen LogP contribution in [0.3, 0.4) is 0 Å². The van der Waals surface area contributed by atoms with Crippen LogP contribution in [0.2, 0.25) is 0 Å². The fourth-order valence-electron chi connectivity index (χ4n) is 9.80. The first-order valence-electron chi connectivity index (χ1n) is 22.7. The minimum absolute atomic E-state index is 0. The van der Waals surface area contributed by atoms with Gasteiger partial charge in [0.05, 0.1) is 0 Å². The van der Waals surface area contributed by atoms with Crippen LogP contribution < -0.4 is 43.1 Å². The van der Waals surface area contributed by atoms with E-state index in [1.165, 1.54) is 89.5 Å². The van der Waals surface area contributed by atoms with Crippen LogP contribution in [0.4, 0.5) is 0 Å². The van der Waals surface area contributed by atoms with E-state index in [1.807, 2.05) is 0 Å². The first-order chi connectivity index (χ1) is 28.2. The predicted molar refractivity (Wildman–Crippen MR) is 245 cm³/mol. The summed E-state index contributed by atoms with van der Waals surface area (Å²) < 4.78 is 9.87. The van der Waals surface area contributed by atoms with Crippen LogP contribution in [-0.4, -0.2) is 0 Å². The summed E-state index contributed by atoms with van der Waals surface area (Å²) in [5, 5.41) is 0. The van der Waals surface area contributed by atoms with Gasteiger partial charge in [0.15, 0.2) is 51.0 Å². The summed E-state index contributed by atoms with van der Waals surface area (Å²) in [5.41, 5.74) is 23.5. The van der Waals surface area contributed by atoms with Crippen molar-refractivity contribution in [2.45, 2.75) is 157 Å². The lowest BCUT2D eigenvalue weighted by atomic mass is 9.84. The van der Waals surface area contributed by atoms with Crippen LogP contribution in [0.5, 0.6) is 0 Å². The molecule has 0 unspecified atom stereocenters. The molecule has 6 heteroatoms. The van der Waals surface area contributed by atoms with Gasteiger partial charge in [-0.2, -0.15) is 18.3 Å². The van der Waals surface area contributed by atoms with Crippen molar-refractivity contribution in [1.29, 1.82) is 0 Å². The molecule has 324 valence electrons. The molecule has 0 saturated carbocycles. The summed E-state index contributed by atoms with van der Waals surface area (Å²) in [4.78, 5) is 0. The number of nitrogens with zero attached hydrogens (tertiary/aromatic N) is 4. The normalized spacial score (nSPS) is 14.6. The molecule has 62 heavy (non-hydrogen) atoms. The Labute approximate surface area is 384 Å². The molecular formula is C56H68Cl2N4+2. The molecule has 0 atom stereocenters. The summed E-state index contributed by atoms with van der Waals surface area (Å²) in [6.45, 7) is 31.8. The van der Waals surface area contributed by atoms with Crippen molar-refractivity contribution in [2.24, 2.45) is 0 Å². The number of halogens is 2. The zero-order valence-corrected chi connectivity index (χ0v) is 41.0. The van der Waals surface area contributed by atoms with Gasteiger partial charge in [-0.25, -0.2) is 0 Å². The molecule has 0 bridgehead atoms. The van der Waals surface area contributed by atoms with E-state index in [1.54, 1.807) is 0 Å². The topological polar surface area (TPSA) is 15.5 Å². The van der Waals surface area contributed by atoms with Gasteiger partial charge in [-0.3, -0.25) is 0 Å². The van der Waals surface area contributed by atoms with Crippen molar-refractivity contribution in [1.82, 2.24) is 0 Å². The van der Waals surface area contributed by atoms with Crippen molar-refractivity contribution in [2.75, 3.05) is 0 Å². The van der Waals surface area contributed by atoms with Crippen LogP contribution in [0.15, 0.2) is 97.6 Å². The average molecular weight is 868 g/mol. The highest BCUT2D eigenvalue weighted by molar-refractivity contribution is 5.74. The Morgan fingerprint density at radius 2 is 0.500 bits per heavy atom. The maximum Gasteiger partial charge on any atom is 0.212 e. The van der Waals surface area contributed by atoms with E-state index in [9.17, 15) is 0 Å². The first kappa shape index (κ1) is 45.6. The molecule has 0 aliphatic carbocycles. The molecule has 0 fully saturated rings. The Kier molecular flexibility index (Phi) is 12.0. The van der Waals surface area contributed by atoms with Gasteiger partial charge in [0, 0.05) is 94.5 Å². The Bertz CT molecular complexity index is 2330. The number of hydrogen-bond acceptors (Lipinski definition) is 0.